The lowest BCUT2D eigenvalue weighted by Crippen LogP contribution is -2.24. The summed E-state index contributed by atoms with van der Waals surface area (Å²) < 4.78 is 6.46. The minimum absolute atomic E-state index is 0.0614. The number of nitrogens with one attached hydrogen (secondary N) is 2. The summed E-state index contributed by atoms with van der Waals surface area (Å²) in [6, 6.07) is 12.9. The third kappa shape index (κ3) is 6.17. The number of hydrazone groups is 1. The van der Waals surface area contributed by atoms with E-state index in [9.17, 15) is 4.79 Å². The van der Waals surface area contributed by atoms with Crippen molar-refractivity contribution in [3.63, 3.8) is 0 Å². The van der Waals surface area contributed by atoms with Crippen molar-refractivity contribution < 1.29 is 9.53 Å². The van der Waals surface area contributed by atoms with Crippen LogP contribution in [0.15, 0.2) is 52.0 Å². The van der Waals surface area contributed by atoms with Crippen LogP contribution in [0.1, 0.15) is 11.1 Å². The number of amides is 1. The maximum Gasteiger partial charge on any atom is 0.262 e. The summed E-state index contributed by atoms with van der Waals surface area (Å²) in [5, 5.41) is 6.78. The Morgan fingerprint density at radius 1 is 1.36 bits per heavy atom. The number of nitrogens with zero attached hydrogens (tertiary/aromatic N) is 1. The molecule has 2 aromatic rings. The fraction of sp³-hybridized carbons (Fsp3) is 0.118. The number of hydrogen-bond donors (Lipinski definition) is 3. The number of ether oxygens (including phenoxy) is 1. The molecule has 0 saturated heterocycles. The van der Waals surface area contributed by atoms with Crippen LogP contribution in [0.3, 0.4) is 0 Å². The highest BCUT2D eigenvalue weighted by atomic mass is 79.9. The molecule has 0 atom stereocenters. The zero-order valence-electron chi connectivity index (χ0n) is 13.5. The first-order chi connectivity index (χ1) is 12.0. The van der Waals surface area contributed by atoms with Crippen LogP contribution in [0.4, 0.5) is 5.69 Å². The van der Waals surface area contributed by atoms with Gasteiger partial charge in [-0.15, -0.1) is 0 Å². The SMILES string of the molecule is Cc1ccccc1NC(=O)COc1ccc(Br)cc1/C=N\NC(N)=S. The summed E-state index contributed by atoms with van der Waals surface area (Å²) in [5.74, 6) is 0.262. The number of nitrogens with two attached hydrogens (primary N) is 1. The molecular formula is C17H17BrN4O2S. The van der Waals surface area contributed by atoms with Crippen LogP contribution in [0.25, 0.3) is 0 Å². The minimum atomic E-state index is -0.249. The zero-order chi connectivity index (χ0) is 18.2. The van der Waals surface area contributed by atoms with E-state index in [0.717, 1.165) is 15.7 Å². The van der Waals surface area contributed by atoms with E-state index in [2.05, 4.69) is 44.0 Å². The summed E-state index contributed by atoms with van der Waals surface area (Å²) in [6.45, 7) is 1.80. The van der Waals surface area contributed by atoms with Gasteiger partial charge in [-0.3, -0.25) is 10.2 Å². The Bertz CT molecular complexity index is 811. The van der Waals surface area contributed by atoms with Crippen LogP contribution < -0.4 is 21.2 Å². The number of carbonyl (C=O) groups is 1. The van der Waals surface area contributed by atoms with Gasteiger partial charge in [0.05, 0.1) is 6.21 Å². The van der Waals surface area contributed by atoms with Gasteiger partial charge in [0.2, 0.25) is 0 Å². The fourth-order valence-electron chi connectivity index (χ4n) is 1.96. The third-order valence-corrected chi connectivity index (χ3v) is 3.71. The maximum absolute atomic E-state index is 12.1. The van der Waals surface area contributed by atoms with E-state index in [-0.39, 0.29) is 17.6 Å². The topological polar surface area (TPSA) is 88.7 Å². The van der Waals surface area contributed by atoms with Gasteiger partial charge in [-0.05, 0) is 49.0 Å². The summed E-state index contributed by atoms with van der Waals surface area (Å²) in [6.07, 6.45) is 1.51. The first kappa shape index (κ1) is 18.9. The van der Waals surface area contributed by atoms with Crippen LogP contribution in [0.5, 0.6) is 5.75 Å². The summed E-state index contributed by atoms with van der Waals surface area (Å²) in [5.41, 5.74) is 10.2. The van der Waals surface area contributed by atoms with Gasteiger partial charge < -0.3 is 15.8 Å². The quantitative estimate of drug-likeness (QED) is 0.379. The molecule has 0 unspecified atom stereocenters. The number of carbonyl (C=O) groups excluding carboxylic acids is 1. The molecule has 0 radical (unpaired) electrons. The van der Waals surface area contributed by atoms with Crippen molar-refractivity contribution in [1.29, 1.82) is 0 Å². The van der Waals surface area contributed by atoms with Gasteiger partial charge in [-0.25, -0.2) is 0 Å². The largest absolute Gasteiger partial charge is 0.483 e. The molecule has 130 valence electrons. The number of rotatable bonds is 6. The third-order valence-electron chi connectivity index (χ3n) is 3.13. The smallest absolute Gasteiger partial charge is 0.262 e. The molecule has 0 aromatic heterocycles. The molecular weight excluding hydrogens is 404 g/mol. The molecule has 6 nitrogen and oxygen atoms in total. The second-order valence-electron chi connectivity index (χ2n) is 5.07. The highest BCUT2D eigenvalue weighted by Crippen LogP contribution is 2.22. The van der Waals surface area contributed by atoms with Gasteiger partial charge >= 0.3 is 0 Å². The van der Waals surface area contributed by atoms with Gasteiger partial charge in [0.1, 0.15) is 5.75 Å². The Hall–Kier alpha value is -2.45. The lowest BCUT2D eigenvalue weighted by molar-refractivity contribution is -0.118. The number of aryl methyl sites for hydroxylation is 1. The number of benzene rings is 2. The molecule has 8 heteroatoms. The van der Waals surface area contributed by atoms with E-state index in [4.69, 9.17) is 10.5 Å². The van der Waals surface area contributed by atoms with Crippen LogP contribution >= 0.6 is 28.1 Å². The molecule has 0 bridgehead atoms. The highest BCUT2D eigenvalue weighted by molar-refractivity contribution is 9.10. The Labute approximate surface area is 159 Å². The maximum atomic E-state index is 12.1. The normalized spacial score (nSPS) is 10.5. The van der Waals surface area contributed by atoms with Crippen LogP contribution in [0, 0.1) is 6.92 Å². The van der Waals surface area contributed by atoms with E-state index in [1.54, 1.807) is 12.1 Å². The van der Waals surface area contributed by atoms with E-state index >= 15 is 0 Å². The molecule has 25 heavy (non-hydrogen) atoms. The first-order valence-corrected chi connectivity index (χ1v) is 8.52. The van der Waals surface area contributed by atoms with Crippen molar-refractivity contribution in [2.24, 2.45) is 10.8 Å². The average molecular weight is 421 g/mol. The number of para-hydroxylation sites is 1. The van der Waals surface area contributed by atoms with E-state index in [0.29, 0.717) is 11.3 Å². The van der Waals surface area contributed by atoms with Crippen molar-refractivity contribution in [3.8, 4) is 5.75 Å². The molecule has 0 saturated carbocycles. The molecule has 0 spiro atoms. The zero-order valence-corrected chi connectivity index (χ0v) is 15.9. The first-order valence-electron chi connectivity index (χ1n) is 7.32. The van der Waals surface area contributed by atoms with Crippen molar-refractivity contribution >= 4 is 51.1 Å². The monoisotopic (exact) mass is 420 g/mol. The highest BCUT2D eigenvalue weighted by Gasteiger charge is 2.08. The van der Waals surface area contributed by atoms with Gasteiger partial charge in [-0.1, -0.05) is 34.1 Å². The molecule has 0 heterocycles. The predicted octanol–water partition coefficient (Wildman–Crippen LogP) is 2.94. The lowest BCUT2D eigenvalue weighted by Gasteiger charge is -2.11. The second kappa shape index (κ2) is 9.14. The Morgan fingerprint density at radius 2 is 2.12 bits per heavy atom. The van der Waals surface area contributed by atoms with E-state index in [1.807, 2.05) is 37.3 Å². The number of hydrogen-bond acceptors (Lipinski definition) is 4. The summed E-state index contributed by atoms with van der Waals surface area (Å²) >= 11 is 8.07. The van der Waals surface area contributed by atoms with Crippen molar-refractivity contribution in [2.45, 2.75) is 6.92 Å². The number of halogens is 1. The van der Waals surface area contributed by atoms with Crippen molar-refractivity contribution in [2.75, 3.05) is 11.9 Å². The van der Waals surface area contributed by atoms with Gasteiger partial charge in [0.25, 0.3) is 5.91 Å². The molecule has 4 N–H and O–H groups in total. The number of anilines is 1. The van der Waals surface area contributed by atoms with E-state index in [1.165, 1.54) is 6.21 Å². The van der Waals surface area contributed by atoms with Crippen LogP contribution in [0.2, 0.25) is 0 Å². The van der Waals surface area contributed by atoms with Crippen LogP contribution in [-0.2, 0) is 4.79 Å². The molecule has 1 amide bonds. The molecule has 2 aromatic carbocycles. The van der Waals surface area contributed by atoms with Gasteiger partial charge in [-0.2, -0.15) is 5.10 Å². The minimum Gasteiger partial charge on any atom is -0.483 e. The summed E-state index contributed by atoms with van der Waals surface area (Å²) in [7, 11) is 0. The van der Waals surface area contributed by atoms with E-state index < -0.39 is 0 Å². The lowest BCUT2D eigenvalue weighted by atomic mass is 10.2. The molecule has 0 fully saturated rings. The summed E-state index contributed by atoms with van der Waals surface area (Å²) in [4.78, 5) is 12.1. The fourth-order valence-corrected chi connectivity index (χ4v) is 2.39. The molecule has 2 rings (SSSR count). The molecule has 0 aliphatic rings. The van der Waals surface area contributed by atoms with Crippen molar-refractivity contribution in [1.82, 2.24) is 5.43 Å². The number of thiocarbonyl (C=S) groups is 1. The van der Waals surface area contributed by atoms with Gasteiger partial charge in [0.15, 0.2) is 11.7 Å². The van der Waals surface area contributed by atoms with Gasteiger partial charge in [0, 0.05) is 15.7 Å². The molecule has 0 aliphatic carbocycles. The Kier molecular flexibility index (Phi) is 6.91. The Balaban J connectivity index is 2.02. The van der Waals surface area contributed by atoms with Crippen LogP contribution in [-0.4, -0.2) is 23.8 Å². The molecule has 0 aliphatic heterocycles. The average Bonchev–Trinajstić information content (AvgIpc) is 2.56. The standard InChI is InChI=1S/C17H17BrN4O2S/c1-11-4-2-3-5-14(11)21-16(23)10-24-15-7-6-13(18)8-12(15)9-20-22-17(19)25/h2-9H,10H2,1H3,(H,21,23)(H3,19,22,25)/b20-9-. The second-order valence-corrected chi connectivity index (χ2v) is 6.42. The predicted molar refractivity (Wildman–Crippen MR) is 107 cm³/mol. The Morgan fingerprint density at radius 3 is 2.84 bits per heavy atom. The van der Waals surface area contributed by atoms with Crippen molar-refractivity contribution in [3.05, 3.63) is 58.1 Å².